The second-order valence-corrected chi connectivity index (χ2v) is 8.56. The Labute approximate surface area is 178 Å². The number of unbranched alkanes of at least 4 members (excludes halogenated alkanes) is 3. The fraction of sp³-hybridized carbons (Fsp3) is 0.667. The maximum Gasteiger partial charge on any atom is 0.310 e. The maximum atomic E-state index is 13.8. The van der Waals surface area contributed by atoms with Crippen LogP contribution in [-0.2, 0) is 9.36 Å². The third-order valence-electron chi connectivity index (χ3n) is 6.41. The van der Waals surface area contributed by atoms with Gasteiger partial charge in [-0.3, -0.25) is 9.59 Å². The Kier molecular flexibility index (Phi) is 10.7. The number of hydrogen-bond acceptors (Lipinski definition) is 3. The van der Waals surface area contributed by atoms with Gasteiger partial charge in [-0.05, 0) is 51.2 Å². The van der Waals surface area contributed by atoms with Crippen LogP contribution in [0.15, 0.2) is 12.1 Å². The number of hydrogen-bond donors (Lipinski definition) is 1. The Morgan fingerprint density at radius 2 is 1.55 bits per heavy atom. The molecule has 2 rings (SSSR count). The van der Waals surface area contributed by atoms with Gasteiger partial charge in [0.2, 0.25) is 0 Å². The zero-order chi connectivity index (χ0) is 22.0. The van der Waals surface area contributed by atoms with Gasteiger partial charge in [-0.15, -0.1) is 0 Å². The van der Waals surface area contributed by atoms with Gasteiger partial charge in [-0.25, -0.2) is 0 Å². The maximum absolute atomic E-state index is 13.8. The van der Waals surface area contributed by atoms with Gasteiger partial charge in [-0.2, -0.15) is 0 Å². The second-order valence-electron chi connectivity index (χ2n) is 8.56. The molecule has 4 nitrogen and oxygen atoms in total. The van der Waals surface area contributed by atoms with E-state index >= 15 is 0 Å². The molecule has 0 bridgehead atoms. The van der Waals surface area contributed by atoms with E-state index in [0.29, 0.717) is 19.3 Å². The van der Waals surface area contributed by atoms with E-state index in [0.717, 1.165) is 67.2 Å². The summed E-state index contributed by atoms with van der Waals surface area (Å²) in [5.74, 6) is -1.27. The highest BCUT2D eigenvalue weighted by Crippen LogP contribution is 2.48. The van der Waals surface area contributed by atoms with E-state index in [-0.39, 0.29) is 5.78 Å². The van der Waals surface area contributed by atoms with Crippen molar-refractivity contribution in [2.24, 2.45) is 11.3 Å². The van der Waals surface area contributed by atoms with Gasteiger partial charge in [0.25, 0.3) is 0 Å². The fourth-order valence-corrected chi connectivity index (χ4v) is 5.11. The molecule has 1 aliphatic carbocycles. The van der Waals surface area contributed by atoms with Crippen LogP contribution in [0.3, 0.4) is 0 Å². The predicted octanol–water partition coefficient (Wildman–Crippen LogP) is 6.62. The van der Waals surface area contributed by atoms with Crippen molar-refractivity contribution in [3.05, 3.63) is 34.4 Å². The smallest absolute Gasteiger partial charge is 0.310 e. The largest absolute Gasteiger partial charge is 0.481 e. The van der Waals surface area contributed by atoms with E-state index in [1.807, 2.05) is 32.9 Å². The summed E-state index contributed by atoms with van der Waals surface area (Å²) < 4.78 is 8.17. The molecule has 0 spiro atoms. The molecule has 1 N–H and O–H groups in total. The quantitative estimate of drug-likeness (QED) is 0.276. The number of carbonyl (C=O) groups is 2. The minimum Gasteiger partial charge on any atom is -0.481 e. The molecule has 0 aliphatic heterocycles. The number of benzene rings is 1. The van der Waals surface area contributed by atoms with Gasteiger partial charge in [0.15, 0.2) is 5.78 Å². The lowest BCUT2D eigenvalue weighted by atomic mass is 9.60. The molecule has 0 saturated heterocycles. The molecule has 1 aromatic carbocycles. The van der Waals surface area contributed by atoms with Crippen molar-refractivity contribution < 1.29 is 19.3 Å². The Balaban J connectivity index is 0.00000204. The van der Waals surface area contributed by atoms with E-state index in [1.54, 1.807) is 0 Å². The molecular formula is C24H38O4P+. The number of carboxylic acids is 1. The molecule has 1 aliphatic rings. The minimum atomic E-state index is -0.788. The molecule has 0 aromatic heterocycles. The highest BCUT2D eigenvalue weighted by atomic mass is 31.0. The molecule has 162 valence electrons. The number of carboxylic acid groups (broad SMARTS) is 1. The van der Waals surface area contributed by atoms with E-state index in [4.69, 9.17) is 4.57 Å². The van der Waals surface area contributed by atoms with Gasteiger partial charge in [0, 0.05) is 11.0 Å². The van der Waals surface area contributed by atoms with Crippen LogP contribution in [-0.4, -0.2) is 16.9 Å². The topological polar surface area (TPSA) is 71.4 Å². The lowest BCUT2D eigenvalue weighted by Gasteiger charge is -2.41. The first kappa shape index (κ1) is 25.5. The average Bonchev–Trinajstić information content (AvgIpc) is 2.69. The highest BCUT2D eigenvalue weighted by Gasteiger charge is 2.49. The number of Topliss-reactive ketones (excluding diaryl/α,β-unsaturated/α-hetero) is 1. The van der Waals surface area contributed by atoms with Gasteiger partial charge in [0.05, 0.1) is 5.92 Å². The van der Waals surface area contributed by atoms with Crippen LogP contribution >= 0.6 is 9.12 Å². The summed E-state index contributed by atoms with van der Waals surface area (Å²) in [5, 5.41) is 10.1. The summed E-state index contributed by atoms with van der Waals surface area (Å²) in [6, 6.07) is 4.10. The summed E-state index contributed by atoms with van der Waals surface area (Å²) in [6.45, 7) is 8.17. The molecule has 1 aromatic rings. The standard InChI is InChI=1S/C24H36O3.H2OP/c1-5-6-7-9-12-20(23(26)27)24(13-10-8-11-14-24)22(25)21-18(3)15-17(2)16-19(21)4;1-2/h15-16,20H,5-14H2,1-4H3,(H,26,27);2H2/q;+1. The number of aryl methyl sites for hydroxylation is 3. The number of rotatable bonds is 9. The van der Waals surface area contributed by atoms with Crippen molar-refractivity contribution in [3.63, 3.8) is 0 Å². The van der Waals surface area contributed by atoms with Crippen LogP contribution in [0.4, 0.5) is 0 Å². The van der Waals surface area contributed by atoms with Crippen molar-refractivity contribution in [2.45, 2.75) is 91.9 Å². The molecule has 0 heterocycles. The summed E-state index contributed by atoms with van der Waals surface area (Å²) in [6.07, 6.45) is 9.25. The van der Waals surface area contributed by atoms with E-state index < -0.39 is 17.3 Å². The summed E-state index contributed by atoms with van der Waals surface area (Å²) >= 11 is 0. The normalized spacial score (nSPS) is 16.4. The molecule has 2 unspecified atom stereocenters. The van der Waals surface area contributed by atoms with Crippen LogP contribution in [0, 0.1) is 32.1 Å². The molecule has 1 fully saturated rings. The monoisotopic (exact) mass is 421 g/mol. The molecule has 0 amide bonds. The van der Waals surface area contributed by atoms with E-state index in [2.05, 4.69) is 6.92 Å². The fourth-order valence-electron chi connectivity index (χ4n) is 5.11. The van der Waals surface area contributed by atoms with Crippen LogP contribution < -0.4 is 0 Å². The van der Waals surface area contributed by atoms with E-state index in [1.165, 1.54) is 9.12 Å². The van der Waals surface area contributed by atoms with Crippen molar-refractivity contribution in [1.29, 1.82) is 0 Å². The first-order chi connectivity index (χ1) is 13.8. The first-order valence-corrected chi connectivity index (χ1v) is 11.4. The van der Waals surface area contributed by atoms with Crippen LogP contribution in [0.1, 0.15) is 98.2 Å². The second kappa shape index (κ2) is 12.2. The summed E-state index contributed by atoms with van der Waals surface area (Å²) in [7, 11) is 1.17. The summed E-state index contributed by atoms with van der Waals surface area (Å²) in [4.78, 5) is 26.1. The first-order valence-electron chi connectivity index (χ1n) is 10.9. The Morgan fingerprint density at radius 1 is 1.00 bits per heavy atom. The van der Waals surface area contributed by atoms with Crippen molar-refractivity contribution in [1.82, 2.24) is 0 Å². The lowest BCUT2D eigenvalue weighted by Crippen LogP contribution is -2.44. The van der Waals surface area contributed by atoms with Crippen LogP contribution in [0.2, 0.25) is 0 Å². The third kappa shape index (κ3) is 6.22. The van der Waals surface area contributed by atoms with Crippen molar-refractivity contribution in [2.75, 3.05) is 0 Å². The van der Waals surface area contributed by atoms with Gasteiger partial charge < -0.3 is 5.11 Å². The highest BCUT2D eigenvalue weighted by molar-refractivity contribution is 7.00. The van der Waals surface area contributed by atoms with Crippen LogP contribution in [0.5, 0.6) is 0 Å². The van der Waals surface area contributed by atoms with E-state index in [9.17, 15) is 14.7 Å². The van der Waals surface area contributed by atoms with Gasteiger partial charge >= 0.3 is 15.1 Å². The van der Waals surface area contributed by atoms with Crippen LogP contribution in [0.25, 0.3) is 0 Å². The Hall–Kier alpha value is -1.54. The average molecular weight is 422 g/mol. The van der Waals surface area contributed by atoms with Crippen molar-refractivity contribution in [3.8, 4) is 0 Å². The third-order valence-corrected chi connectivity index (χ3v) is 6.41. The molecule has 2 atom stereocenters. The zero-order valence-corrected chi connectivity index (χ0v) is 19.7. The molecule has 29 heavy (non-hydrogen) atoms. The van der Waals surface area contributed by atoms with Gasteiger partial charge in [0.1, 0.15) is 0 Å². The molecule has 5 heteroatoms. The number of carbonyl (C=O) groups excluding carboxylic acids is 1. The SMILES string of the molecule is CCCCCCC(C(=O)O)C1(C(=O)c2c(C)cc(C)cc2C)CCCCC1.O=[PH2+]. The van der Waals surface area contributed by atoms with Gasteiger partial charge in [-0.1, -0.05) is 74.1 Å². The number of ketones is 1. The Morgan fingerprint density at radius 3 is 2.03 bits per heavy atom. The summed E-state index contributed by atoms with van der Waals surface area (Å²) in [5.41, 5.74) is 3.15. The number of aliphatic carboxylic acids is 1. The minimum absolute atomic E-state index is 0.0834. The molecule has 0 radical (unpaired) electrons. The Bertz CT molecular complexity index is 669. The zero-order valence-electron chi connectivity index (χ0n) is 18.6. The predicted molar refractivity (Wildman–Crippen MR) is 121 cm³/mol. The molecule has 1 saturated carbocycles. The molecular weight excluding hydrogens is 383 g/mol. The lowest BCUT2D eigenvalue weighted by molar-refractivity contribution is -0.146. The van der Waals surface area contributed by atoms with Crippen molar-refractivity contribution >= 4 is 20.9 Å².